The number of hydrogen-bond acceptors (Lipinski definition) is 2. The molecule has 29 heavy (non-hydrogen) atoms. The van der Waals surface area contributed by atoms with E-state index in [1.54, 1.807) is 6.07 Å². The van der Waals surface area contributed by atoms with Gasteiger partial charge in [-0.15, -0.1) is 0 Å². The summed E-state index contributed by atoms with van der Waals surface area (Å²) in [6, 6.07) is 12.9. The maximum atomic E-state index is 13.3. The number of hydrogen-bond donors (Lipinski definition) is 1. The molecular formula is C22H26Cl3N3O. The van der Waals surface area contributed by atoms with Crippen LogP contribution in [0.1, 0.15) is 36.9 Å². The van der Waals surface area contributed by atoms with E-state index in [1.165, 1.54) is 0 Å². The van der Waals surface area contributed by atoms with Crippen molar-refractivity contribution in [2.75, 3.05) is 20.1 Å². The molecule has 4 nitrogen and oxygen atoms in total. The predicted octanol–water partition coefficient (Wildman–Crippen LogP) is 6.01. The van der Waals surface area contributed by atoms with Gasteiger partial charge in [0.25, 0.3) is 0 Å². The average molecular weight is 455 g/mol. The second kappa shape index (κ2) is 10.0. The largest absolute Gasteiger partial charge is 0.331 e. The summed E-state index contributed by atoms with van der Waals surface area (Å²) in [5.74, 6) is 0. The zero-order valence-corrected chi connectivity index (χ0v) is 18.9. The third-order valence-corrected chi connectivity index (χ3v) is 6.68. The maximum Gasteiger partial charge on any atom is 0.318 e. The van der Waals surface area contributed by atoms with Gasteiger partial charge in [-0.25, -0.2) is 4.79 Å². The molecule has 0 spiro atoms. The summed E-state index contributed by atoms with van der Waals surface area (Å²) < 4.78 is 0. The number of likely N-dealkylation sites (tertiary alicyclic amines) is 1. The van der Waals surface area contributed by atoms with E-state index in [1.807, 2.05) is 48.2 Å². The van der Waals surface area contributed by atoms with Gasteiger partial charge in [-0.2, -0.15) is 0 Å². The minimum absolute atomic E-state index is 0.122. The molecule has 3 rings (SSSR count). The molecule has 1 fully saturated rings. The fourth-order valence-corrected chi connectivity index (χ4v) is 4.35. The van der Waals surface area contributed by atoms with E-state index in [0.717, 1.165) is 37.1 Å². The standard InChI is InChI=1S/C22H26Cl3N3O/c1-15(18-7-5-9-20(24)21(18)25)26-22(29)28(17-10-12-27(2)13-11-17)14-16-6-3-4-8-19(16)23/h3-9,15,17H,10-14H2,1-2H3,(H,26,29)/t15-/m1/s1. The number of carbonyl (C=O) groups excluding carboxylic acids is 1. The summed E-state index contributed by atoms with van der Waals surface area (Å²) in [5.41, 5.74) is 1.74. The van der Waals surface area contributed by atoms with Crippen molar-refractivity contribution in [3.05, 3.63) is 68.7 Å². The smallest absolute Gasteiger partial charge is 0.318 e. The third kappa shape index (κ3) is 5.58. The molecule has 1 heterocycles. The number of nitrogens with zero attached hydrogens (tertiary/aromatic N) is 2. The average Bonchev–Trinajstić information content (AvgIpc) is 2.70. The predicted molar refractivity (Wildman–Crippen MR) is 121 cm³/mol. The lowest BCUT2D eigenvalue weighted by Gasteiger charge is -2.38. The lowest BCUT2D eigenvalue weighted by atomic mass is 10.0. The highest BCUT2D eigenvalue weighted by molar-refractivity contribution is 6.42. The van der Waals surface area contributed by atoms with Gasteiger partial charge >= 0.3 is 6.03 Å². The second-order valence-corrected chi connectivity index (χ2v) is 8.76. The van der Waals surface area contributed by atoms with Crippen molar-refractivity contribution in [1.29, 1.82) is 0 Å². The highest BCUT2D eigenvalue weighted by Crippen LogP contribution is 2.30. The van der Waals surface area contributed by atoms with Gasteiger partial charge in [-0.05, 0) is 63.2 Å². The quantitative estimate of drug-likeness (QED) is 0.600. The molecular weight excluding hydrogens is 429 g/mol. The van der Waals surface area contributed by atoms with Gasteiger partial charge in [0.15, 0.2) is 0 Å². The van der Waals surface area contributed by atoms with Crippen LogP contribution in [0.15, 0.2) is 42.5 Å². The molecule has 0 bridgehead atoms. The van der Waals surface area contributed by atoms with E-state index >= 15 is 0 Å². The van der Waals surface area contributed by atoms with Crippen molar-refractivity contribution in [3.8, 4) is 0 Å². The molecule has 156 valence electrons. The van der Waals surface area contributed by atoms with Gasteiger partial charge < -0.3 is 15.1 Å². The number of rotatable bonds is 5. The highest BCUT2D eigenvalue weighted by Gasteiger charge is 2.28. The molecule has 0 unspecified atom stereocenters. The molecule has 7 heteroatoms. The summed E-state index contributed by atoms with van der Waals surface area (Å²) in [5, 5.41) is 4.72. The maximum absolute atomic E-state index is 13.3. The molecule has 0 aromatic heterocycles. The Morgan fingerprint density at radius 2 is 1.76 bits per heavy atom. The van der Waals surface area contributed by atoms with Crippen molar-refractivity contribution in [1.82, 2.24) is 15.1 Å². The number of nitrogens with one attached hydrogen (secondary N) is 1. The highest BCUT2D eigenvalue weighted by atomic mass is 35.5. The summed E-state index contributed by atoms with van der Waals surface area (Å²) in [4.78, 5) is 17.5. The Balaban J connectivity index is 1.79. The van der Waals surface area contributed by atoms with Crippen LogP contribution in [0.25, 0.3) is 0 Å². The molecule has 0 radical (unpaired) electrons. The summed E-state index contributed by atoms with van der Waals surface area (Å²) >= 11 is 18.9. The van der Waals surface area contributed by atoms with E-state index in [4.69, 9.17) is 34.8 Å². The minimum atomic E-state index is -0.270. The minimum Gasteiger partial charge on any atom is -0.331 e. The number of amides is 2. The second-order valence-electron chi connectivity index (χ2n) is 7.57. The molecule has 0 saturated carbocycles. The first-order valence-electron chi connectivity index (χ1n) is 9.79. The van der Waals surface area contributed by atoms with Gasteiger partial charge in [0.1, 0.15) is 0 Å². The number of benzene rings is 2. The summed E-state index contributed by atoms with van der Waals surface area (Å²) in [6.45, 7) is 4.31. The first-order valence-corrected chi connectivity index (χ1v) is 10.9. The zero-order chi connectivity index (χ0) is 21.0. The van der Waals surface area contributed by atoms with Gasteiger partial charge in [0.05, 0.1) is 16.1 Å². The Bertz CT molecular complexity index is 853. The SMILES string of the molecule is C[C@@H](NC(=O)N(Cc1ccccc1Cl)C1CCN(C)CC1)c1cccc(Cl)c1Cl. The topological polar surface area (TPSA) is 35.6 Å². The van der Waals surface area contributed by atoms with Gasteiger partial charge in [-0.1, -0.05) is 65.1 Å². The molecule has 0 aliphatic carbocycles. The van der Waals surface area contributed by atoms with Gasteiger partial charge in [0, 0.05) is 17.6 Å². The van der Waals surface area contributed by atoms with E-state index in [2.05, 4.69) is 17.3 Å². The summed E-state index contributed by atoms with van der Waals surface area (Å²) in [6.07, 6.45) is 1.86. The summed E-state index contributed by atoms with van der Waals surface area (Å²) in [7, 11) is 2.11. The fourth-order valence-electron chi connectivity index (χ4n) is 3.68. The monoisotopic (exact) mass is 453 g/mol. The normalized spacial score (nSPS) is 16.4. The first kappa shape index (κ1) is 22.2. The lowest BCUT2D eigenvalue weighted by molar-refractivity contribution is 0.125. The van der Waals surface area contributed by atoms with Crippen LogP contribution < -0.4 is 5.32 Å². The zero-order valence-electron chi connectivity index (χ0n) is 16.7. The van der Waals surface area contributed by atoms with Crippen molar-refractivity contribution in [2.45, 2.75) is 38.4 Å². The third-order valence-electron chi connectivity index (χ3n) is 5.48. The van der Waals surface area contributed by atoms with Crippen LogP contribution in [-0.4, -0.2) is 42.0 Å². The Kier molecular flexibility index (Phi) is 7.69. The van der Waals surface area contributed by atoms with E-state index < -0.39 is 0 Å². The van der Waals surface area contributed by atoms with Crippen LogP contribution >= 0.6 is 34.8 Å². The van der Waals surface area contributed by atoms with Crippen molar-refractivity contribution in [2.24, 2.45) is 0 Å². The van der Waals surface area contributed by atoms with Crippen LogP contribution in [0.4, 0.5) is 4.79 Å². The lowest BCUT2D eigenvalue weighted by Crippen LogP contribution is -2.50. The van der Waals surface area contributed by atoms with Crippen molar-refractivity contribution in [3.63, 3.8) is 0 Å². The van der Waals surface area contributed by atoms with Gasteiger partial charge in [0.2, 0.25) is 0 Å². The molecule has 2 amide bonds. The van der Waals surface area contributed by atoms with Crippen LogP contribution in [0, 0.1) is 0 Å². The molecule has 1 aliphatic heterocycles. The molecule has 2 aromatic carbocycles. The first-order chi connectivity index (χ1) is 13.9. The molecule has 2 aromatic rings. The molecule has 1 aliphatic rings. The number of carbonyl (C=O) groups is 1. The van der Waals surface area contributed by atoms with Gasteiger partial charge in [-0.3, -0.25) is 0 Å². The number of halogens is 3. The van der Waals surface area contributed by atoms with E-state index in [0.29, 0.717) is 21.6 Å². The van der Waals surface area contributed by atoms with Crippen LogP contribution in [0.2, 0.25) is 15.1 Å². The Hall–Kier alpha value is -1.46. The van der Waals surface area contributed by atoms with Crippen LogP contribution in [0.3, 0.4) is 0 Å². The van der Waals surface area contributed by atoms with E-state index in [9.17, 15) is 4.79 Å². The van der Waals surface area contributed by atoms with Crippen LogP contribution in [0.5, 0.6) is 0 Å². The van der Waals surface area contributed by atoms with Crippen molar-refractivity contribution >= 4 is 40.8 Å². The molecule has 1 atom stereocenters. The number of urea groups is 1. The molecule has 1 saturated heterocycles. The Morgan fingerprint density at radius 1 is 1.10 bits per heavy atom. The fraction of sp³-hybridized carbons (Fsp3) is 0.409. The van der Waals surface area contributed by atoms with Crippen molar-refractivity contribution < 1.29 is 4.79 Å². The Morgan fingerprint density at radius 3 is 2.45 bits per heavy atom. The number of piperidine rings is 1. The molecule has 1 N–H and O–H groups in total. The Labute approximate surface area is 187 Å². The van der Waals surface area contributed by atoms with Crippen LogP contribution in [-0.2, 0) is 6.54 Å². The van der Waals surface area contributed by atoms with E-state index in [-0.39, 0.29) is 18.1 Å².